The number of carbonyl (C=O) groups excluding carboxylic acids is 1. The van der Waals surface area contributed by atoms with Crippen LogP contribution in [-0.2, 0) is 0 Å². The fraction of sp³-hybridized carbons (Fsp3) is 0.353. The number of benzene rings is 1. The largest absolute Gasteiger partial charge is 0.455 e. The molecule has 2 aliphatic rings. The minimum Gasteiger partial charge on any atom is -0.455 e. The fourth-order valence-electron chi connectivity index (χ4n) is 2.91. The van der Waals surface area contributed by atoms with E-state index in [-0.39, 0.29) is 12.6 Å². The number of hydrogen-bond donors (Lipinski definition) is 2. The maximum absolute atomic E-state index is 12.0. The number of ether oxygens (including phenoxy) is 1. The van der Waals surface area contributed by atoms with Gasteiger partial charge in [0.15, 0.2) is 6.73 Å². The van der Waals surface area contributed by atoms with Crippen molar-refractivity contribution in [1.82, 2.24) is 20.2 Å². The summed E-state index contributed by atoms with van der Waals surface area (Å²) in [7, 11) is 1.68. The van der Waals surface area contributed by atoms with Crippen molar-refractivity contribution < 1.29 is 9.53 Å². The SMILES string of the molecule is CN1COc2nc(Nc3ccc(N4CCNCC4)cc3)ncc2C1=O. The topological polar surface area (TPSA) is 82.6 Å². The van der Waals surface area contributed by atoms with E-state index in [1.807, 2.05) is 12.1 Å². The molecular weight excluding hydrogens is 320 g/mol. The van der Waals surface area contributed by atoms with Crippen molar-refractivity contribution in [3.8, 4) is 5.88 Å². The van der Waals surface area contributed by atoms with Crippen LogP contribution in [0.1, 0.15) is 10.4 Å². The maximum atomic E-state index is 12.0. The number of hydrogen-bond acceptors (Lipinski definition) is 7. The molecule has 130 valence electrons. The molecule has 0 unspecified atom stereocenters. The molecule has 3 heterocycles. The zero-order chi connectivity index (χ0) is 17.2. The van der Waals surface area contributed by atoms with Gasteiger partial charge >= 0.3 is 0 Å². The molecular formula is C17H20N6O2. The molecule has 2 aliphatic heterocycles. The van der Waals surface area contributed by atoms with E-state index in [2.05, 4.69) is 37.6 Å². The first-order chi connectivity index (χ1) is 12.2. The van der Waals surface area contributed by atoms with E-state index in [1.165, 1.54) is 16.8 Å². The Morgan fingerprint density at radius 2 is 1.96 bits per heavy atom. The van der Waals surface area contributed by atoms with Crippen LogP contribution in [-0.4, -0.2) is 60.7 Å². The Balaban J connectivity index is 1.48. The zero-order valence-electron chi connectivity index (χ0n) is 14.0. The minimum atomic E-state index is -0.131. The Hall–Kier alpha value is -2.87. The third-order valence-electron chi connectivity index (χ3n) is 4.33. The lowest BCUT2D eigenvalue weighted by molar-refractivity contribution is 0.0582. The summed E-state index contributed by atoms with van der Waals surface area (Å²) in [6.45, 7) is 4.25. The summed E-state index contributed by atoms with van der Waals surface area (Å²) in [6, 6.07) is 8.17. The molecule has 8 nitrogen and oxygen atoms in total. The lowest BCUT2D eigenvalue weighted by atomic mass is 10.2. The van der Waals surface area contributed by atoms with Crippen LogP contribution < -0.4 is 20.3 Å². The van der Waals surface area contributed by atoms with E-state index >= 15 is 0 Å². The number of nitrogens with zero attached hydrogens (tertiary/aromatic N) is 4. The summed E-state index contributed by atoms with van der Waals surface area (Å²) in [5.41, 5.74) is 2.47. The molecule has 0 radical (unpaired) electrons. The van der Waals surface area contributed by atoms with Gasteiger partial charge in [-0.2, -0.15) is 4.98 Å². The quantitative estimate of drug-likeness (QED) is 0.864. The van der Waals surface area contributed by atoms with Crippen molar-refractivity contribution in [1.29, 1.82) is 0 Å². The Labute approximate surface area is 145 Å². The minimum absolute atomic E-state index is 0.131. The van der Waals surface area contributed by atoms with Gasteiger partial charge in [-0.05, 0) is 24.3 Å². The molecule has 0 saturated carbocycles. The third kappa shape index (κ3) is 3.20. The number of carbonyl (C=O) groups is 1. The van der Waals surface area contributed by atoms with Crippen LogP contribution in [0.15, 0.2) is 30.5 Å². The van der Waals surface area contributed by atoms with Crippen LogP contribution in [0.5, 0.6) is 5.88 Å². The second-order valence-corrected chi connectivity index (χ2v) is 6.10. The third-order valence-corrected chi connectivity index (χ3v) is 4.33. The summed E-state index contributed by atoms with van der Waals surface area (Å²) < 4.78 is 5.48. The number of rotatable bonds is 3. The molecule has 8 heteroatoms. The number of piperazine rings is 1. The standard InChI is InChI=1S/C17H20N6O2/c1-22-11-25-15-14(16(22)24)10-19-17(21-15)20-12-2-4-13(5-3-12)23-8-6-18-7-9-23/h2-5,10,18H,6-9,11H2,1H3,(H,19,20,21). The first-order valence-corrected chi connectivity index (χ1v) is 8.29. The lowest BCUT2D eigenvalue weighted by Crippen LogP contribution is -2.43. The average molecular weight is 340 g/mol. The molecule has 25 heavy (non-hydrogen) atoms. The van der Waals surface area contributed by atoms with Gasteiger partial charge in [0.05, 0.1) is 0 Å². The highest BCUT2D eigenvalue weighted by Gasteiger charge is 2.25. The summed E-state index contributed by atoms with van der Waals surface area (Å²) in [5.74, 6) is 0.595. The molecule has 4 rings (SSSR count). The van der Waals surface area contributed by atoms with Gasteiger partial charge in [-0.25, -0.2) is 4.98 Å². The Bertz CT molecular complexity index is 773. The summed E-state index contributed by atoms with van der Waals surface area (Å²) in [6.07, 6.45) is 1.50. The molecule has 0 spiro atoms. The van der Waals surface area contributed by atoms with Gasteiger partial charge in [0.1, 0.15) is 5.56 Å². The van der Waals surface area contributed by atoms with Crippen LogP contribution >= 0.6 is 0 Å². The molecule has 2 aromatic rings. The summed E-state index contributed by atoms with van der Waals surface area (Å²) in [4.78, 5) is 24.4. The Kier molecular flexibility index (Phi) is 4.10. The number of amides is 1. The van der Waals surface area contributed by atoms with E-state index in [9.17, 15) is 4.79 Å². The van der Waals surface area contributed by atoms with E-state index in [4.69, 9.17) is 4.74 Å². The highest BCUT2D eigenvalue weighted by Crippen LogP contribution is 2.24. The molecule has 0 aliphatic carbocycles. The van der Waals surface area contributed by atoms with Gasteiger partial charge in [0, 0.05) is 50.8 Å². The normalized spacial score (nSPS) is 17.1. The summed E-state index contributed by atoms with van der Waals surface area (Å²) in [5, 5.41) is 6.50. The van der Waals surface area contributed by atoms with Gasteiger partial charge in [-0.3, -0.25) is 4.79 Å². The first kappa shape index (κ1) is 15.6. The van der Waals surface area contributed by atoms with Crippen LogP contribution in [0.3, 0.4) is 0 Å². The van der Waals surface area contributed by atoms with Crippen LogP contribution in [0, 0.1) is 0 Å². The van der Waals surface area contributed by atoms with Crippen molar-refractivity contribution in [3.05, 3.63) is 36.0 Å². The predicted octanol–water partition coefficient (Wildman–Crippen LogP) is 1.05. The lowest BCUT2D eigenvalue weighted by Gasteiger charge is -2.29. The van der Waals surface area contributed by atoms with E-state index < -0.39 is 0 Å². The molecule has 2 N–H and O–H groups in total. The average Bonchev–Trinajstić information content (AvgIpc) is 2.66. The van der Waals surface area contributed by atoms with E-state index in [0.29, 0.717) is 17.4 Å². The maximum Gasteiger partial charge on any atom is 0.263 e. The number of nitrogens with one attached hydrogen (secondary N) is 2. The molecule has 0 bridgehead atoms. The molecule has 1 aromatic heterocycles. The van der Waals surface area contributed by atoms with Crippen molar-refractivity contribution in [2.75, 3.05) is 50.2 Å². The van der Waals surface area contributed by atoms with Crippen molar-refractivity contribution >= 4 is 23.2 Å². The molecule has 0 atom stereocenters. The second-order valence-electron chi connectivity index (χ2n) is 6.10. The molecule has 1 saturated heterocycles. The van der Waals surface area contributed by atoms with E-state index in [1.54, 1.807) is 7.05 Å². The summed E-state index contributed by atoms with van der Waals surface area (Å²) >= 11 is 0. The van der Waals surface area contributed by atoms with Crippen molar-refractivity contribution in [3.63, 3.8) is 0 Å². The highest BCUT2D eigenvalue weighted by atomic mass is 16.5. The van der Waals surface area contributed by atoms with Gasteiger partial charge in [-0.15, -0.1) is 0 Å². The van der Waals surface area contributed by atoms with Crippen LogP contribution in [0.2, 0.25) is 0 Å². The van der Waals surface area contributed by atoms with Crippen molar-refractivity contribution in [2.24, 2.45) is 0 Å². The molecule has 1 aromatic carbocycles. The number of anilines is 3. The Morgan fingerprint density at radius 3 is 2.72 bits per heavy atom. The molecule has 1 fully saturated rings. The first-order valence-electron chi connectivity index (χ1n) is 8.29. The van der Waals surface area contributed by atoms with E-state index in [0.717, 1.165) is 31.9 Å². The predicted molar refractivity (Wildman–Crippen MR) is 94.4 cm³/mol. The van der Waals surface area contributed by atoms with Crippen LogP contribution in [0.25, 0.3) is 0 Å². The van der Waals surface area contributed by atoms with Crippen LogP contribution in [0.4, 0.5) is 17.3 Å². The Morgan fingerprint density at radius 1 is 1.20 bits per heavy atom. The van der Waals surface area contributed by atoms with Crippen molar-refractivity contribution in [2.45, 2.75) is 0 Å². The monoisotopic (exact) mass is 340 g/mol. The fourth-order valence-corrected chi connectivity index (χ4v) is 2.91. The van der Waals surface area contributed by atoms with Gasteiger partial charge in [-0.1, -0.05) is 0 Å². The molecule has 1 amide bonds. The zero-order valence-corrected chi connectivity index (χ0v) is 14.0. The smallest absolute Gasteiger partial charge is 0.263 e. The van der Waals surface area contributed by atoms with Gasteiger partial charge in [0.25, 0.3) is 5.91 Å². The number of fused-ring (bicyclic) bond motifs is 1. The van der Waals surface area contributed by atoms with Gasteiger partial charge < -0.3 is 25.2 Å². The number of aromatic nitrogens is 2. The second kappa shape index (κ2) is 6.56. The van der Waals surface area contributed by atoms with Gasteiger partial charge in [0.2, 0.25) is 11.8 Å². The highest BCUT2D eigenvalue weighted by molar-refractivity contribution is 5.96.